The first-order valence-electron chi connectivity index (χ1n) is 9.79. The number of methoxy groups -OCH3 is 1. The van der Waals surface area contributed by atoms with Crippen molar-refractivity contribution in [2.75, 3.05) is 25.3 Å². The van der Waals surface area contributed by atoms with E-state index in [4.69, 9.17) is 14.2 Å². The summed E-state index contributed by atoms with van der Waals surface area (Å²) in [5.74, 6) is 2.69. The standard InChI is InChI=1S/C25H23NO3/c1-17-3-8-21(9-4-17)26-14-23-24(29-16-26)12-7-19-13-20(15-28-25(19)23)18-5-10-22(27-2)11-6-18/h3-13H,14-16H2,1-2H3. The van der Waals surface area contributed by atoms with E-state index in [2.05, 4.69) is 66.4 Å². The quantitative estimate of drug-likeness (QED) is 0.613. The predicted molar refractivity (Wildman–Crippen MR) is 116 cm³/mol. The summed E-state index contributed by atoms with van der Waals surface area (Å²) in [6.07, 6.45) is 2.21. The summed E-state index contributed by atoms with van der Waals surface area (Å²) in [6, 6.07) is 20.8. The van der Waals surface area contributed by atoms with Gasteiger partial charge in [-0.2, -0.15) is 0 Å². The molecule has 0 amide bonds. The molecule has 0 saturated heterocycles. The molecule has 0 aliphatic carbocycles. The Hall–Kier alpha value is -3.40. The Labute approximate surface area is 170 Å². The van der Waals surface area contributed by atoms with Gasteiger partial charge in [0.1, 0.15) is 23.9 Å². The molecule has 3 aromatic carbocycles. The fourth-order valence-electron chi connectivity index (χ4n) is 3.85. The van der Waals surface area contributed by atoms with E-state index >= 15 is 0 Å². The Morgan fingerprint density at radius 2 is 1.69 bits per heavy atom. The lowest BCUT2D eigenvalue weighted by molar-refractivity contribution is 0.280. The maximum Gasteiger partial charge on any atom is 0.161 e. The zero-order valence-corrected chi connectivity index (χ0v) is 16.6. The molecule has 0 radical (unpaired) electrons. The second-order valence-corrected chi connectivity index (χ2v) is 7.45. The van der Waals surface area contributed by atoms with E-state index in [1.165, 1.54) is 5.56 Å². The van der Waals surface area contributed by atoms with Crippen LogP contribution in [0.15, 0.2) is 60.7 Å². The topological polar surface area (TPSA) is 30.9 Å². The van der Waals surface area contributed by atoms with Gasteiger partial charge in [0.15, 0.2) is 6.73 Å². The monoisotopic (exact) mass is 385 g/mol. The number of ether oxygens (including phenoxy) is 3. The van der Waals surface area contributed by atoms with E-state index < -0.39 is 0 Å². The lowest BCUT2D eigenvalue weighted by Gasteiger charge is -2.33. The molecule has 3 aromatic rings. The van der Waals surface area contributed by atoms with Gasteiger partial charge in [0, 0.05) is 11.3 Å². The number of benzene rings is 3. The minimum absolute atomic E-state index is 0.542. The molecule has 29 heavy (non-hydrogen) atoms. The summed E-state index contributed by atoms with van der Waals surface area (Å²) in [5, 5.41) is 0. The van der Waals surface area contributed by atoms with Crippen LogP contribution in [0.3, 0.4) is 0 Å². The number of fused-ring (bicyclic) bond motifs is 3. The molecule has 4 nitrogen and oxygen atoms in total. The highest BCUT2D eigenvalue weighted by molar-refractivity contribution is 5.86. The van der Waals surface area contributed by atoms with Gasteiger partial charge in [-0.3, -0.25) is 0 Å². The lowest BCUT2D eigenvalue weighted by atomic mass is 9.98. The van der Waals surface area contributed by atoms with Crippen LogP contribution in [-0.2, 0) is 6.54 Å². The summed E-state index contributed by atoms with van der Waals surface area (Å²) in [5.41, 5.74) is 6.92. The van der Waals surface area contributed by atoms with Crippen molar-refractivity contribution >= 4 is 17.3 Å². The van der Waals surface area contributed by atoms with E-state index in [0.717, 1.165) is 51.7 Å². The van der Waals surface area contributed by atoms with Gasteiger partial charge >= 0.3 is 0 Å². The van der Waals surface area contributed by atoms with Crippen molar-refractivity contribution < 1.29 is 14.2 Å². The molecule has 2 aliphatic heterocycles. The van der Waals surface area contributed by atoms with Gasteiger partial charge in [0.05, 0.1) is 19.2 Å². The largest absolute Gasteiger partial charge is 0.497 e. The smallest absolute Gasteiger partial charge is 0.161 e. The fourth-order valence-corrected chi connectivity index (χ4v) is 3.85. The molecule has 0 aromatic heterocycles. The van der Waals surface area contributed by atoms with E-state index in [1.807, 2.05) is 12.1 Å². The van der Waals surface area contributed by atoms with E-state index in [0.29, 0.717) is 13.3 Å². The number of hydrogen-bond acceptors (Lipinski definition) is 4. The van der Waals surface area contributed by atoms with Crippen molar-refractivity contribution in [1.29, 1.82) is 0 Å². The van der Waals surface area contributed by atoms with Gasteiger partial charge in [-0.25, -0.2) is 0 Å². The van der Waals surface area contributed by atoms with E-state index in [-0.39, 0.29) is 0 Å². The van der Waals surface area contributed by atoms with Crippen LogP contribution in [-0.4, -0.2) is 20.4 Å². The highest BCUT2D eigenvalue weighted by Crippen LogP contribution is 2.41. The molecule has 4 heteroatoms. The van der Waals surface area contributed by atoms with Crippen molar-refractivity contribution in [3.8, 4) is 17.2 Å². The normalized spacial score (nSPS) is 14.8. The first kappa shape index (κ1) is 17.7. The average molecular weight is 385 g/mol. The molecule has 0 atom stereocenters. The number of rotatable bonds is 3. The molecule has 2 heterocycles. The fraction of sp³-hybridized carbons (Fsp3) is 0.200. The maximum atomic E-state index is 6.24. The third kappa shape index (κ3) is 3.31. The molecule has 0 spiro atoms. The van der Waals surface area contributed by atoms with Gasteiger partial charge in [-0.05, 0) is 60.5 Å². The minimum atomic E-state index is 0.542. The van der Waals surface area contributed by atoms with Gasteiger partial charge in [0.2, 0.25) is 0 Å². The van der Waals surface area contributed by atoms with Gasteiger partial charge in [0.25, 0.3) is 0 Å². The third-order valence-corrected chi connectivity index (χ3v) is 5.53. The molecule has 146 valence electrons. The SMILES string of the molecule is COc1ccc(C2=Cc3ccc4c(c3OC2)CN(c2ccc(C)cc2)CO4)cc1. The number of aryl methyl sites for hydroxylation is 1. The second-order valence-electron chi connectivity index (χ2n) is 7.45. The highest BCUT2D eigenvalue weighted by Gasteiger charge is 2.25. The molecular weight excluding hydrogens is 362 g/mol. The number of hydrogen-bond donors (Lipinski definition) is 0. The number of anilines is 1. The first-order valence-corrected chi connectivity index (χ1v) is 9.79. The number of nitrogens with zero attached hydrogens (tertiary/aromatic N) is 1. The molecule has 0 unspecified atom stereocenters. The van der Waals surface area contributed by atoms with Crippen LogP contribution < -0.4 is 19.1 Å². The Morgan fingerprint density at radius 3 is 2.45 bits per heavy atom. The summed E-state index contributed by atoms with van der Waals surface area (Å²) in [7, 11) is 1.68. The molecule has 2 aliphatic rings. The van der Waals surface area contributed by atoms with Crippen LogP contribution >= 0.6 is 0 Å². The first-order chi connectivity index (χ1) is 14.2. The van der Waals surface area contributed by atoms with E-state index in [1.54, 1.807) is 7.11 Å². The van der Waals surface area contributed by atoms with Crippen LogP contribution in [0.5, 0.6) is 17.2 Å². The van der Waals surface area contributed by atoms with Gasteiger partial charge in [-0.15, -0.1) is 0 Å². The maximum absolute atomic E-state index is 6.24. The van der Waals surface area contributed by atoms with Crippen molar-refractivity contribution in [3.05, 3.63) is 82.9 Å². The Bertz CT molecular complexity index is 1070. The zero-order valence-electron chi connectivity index (χ0n) is 16.6. The Balaban J connectivity index is 1.46. The lowest BCUT2D eigenvalue weighted by Crippen LogP contribution is -2.32. The van der Waals surface area contributed by atoms with Crippen LogP contribution in [0, 0.1) is 6.92 Å². The zero-order chi connectivity index (χ0) is 19.8. The summed E-state index contributed by atoms with van der Waals surface area (Å²) in [6.45, 7) is 3.96. The predicted octanol–water partition coefficient (Wildman–Crippen LogP) is 5.29. The Morgan fingerprint density at radius 1 is 0.897 bits per heavy atom. The van der Waals surface area contributed by atoms with Crippen LogP contribution in [0.1, 0.15) is 22.3 Å². The third-order valence-electron chi connectivity index (χ3n) is 5.53. The van der Waals surface area contributed by atoms with Crippen molar-refractivity contribution in [1.82, 2.24) is 0 Å². The van der Waals surface area contributed by atoms with Gasteiger partial charge in [-0.1, -0.05) is 29.8 Å². The Kier molecular flexibility index (Phi) is 4.39. The van der Waals surface area contributed by atoms with Crippen LogP contribution in [0.4, 0.5) is 5.69 Å². The van der Waals surface area contributed by atoms with Gasteiger partial charge < -0.3 is 19.1 Å². The molecule has 0 fully saturated rings. The molecule has 0 saturated carbocycles. The van der Waals surface area contributed by atoms with Crippen molar-refractivity contribution in [3.63, 3.8) is 0 Å². The second kappa shape index (κ2) is 7.21. The molecular formula is C25H23NO3. The average Bonchev–Trinajstić information content (AvgIpc) is 2.79. The molecule has 5 rings (SSSR count). The van der Waals surface area contributed by atoms with E-state index in [9.17, 15) is 0 Å². The summed E-state index contributed by atoms with van der Waals surface area (Å²) in [4.78, 5) is 2.23. The highest BCUT2D eigenvalue weighted by atomic mass is 16.5. The van der Waals surface area contributed by atoms with Crippen LogP contribution in [0.25, 0.3) is 11.6 Å². The van der Waals surface area contributed by atoms with Crippen molar-refractivity contribution in [2.45, 2.75) is 13.5 Å². The molecule has 0 bridgehead atoms. The minimum Gasteiger partial charge on any atom is -0.497 e. The molecule has 0 N–H and O–H groups in total. The van der Waals surface area contributed by atoms with Crippen LogP contribution in [0.2, 0.25) is 0 Å². The summed E-state index contributed by atoms with van der Waals surface area (Å²) < 4.78 is 17.5. The summed E-state index contributed by atoms with van der Waals surface area (Å²) >= 11 is 0. The van der Waals surface area contributed by atoms with Crippen molar-refractivity contribution in [2.24, 2.45) is 0 Å².